The Morgan fingerprint density at radius 3 is 2.48 bits per heavy atom. The molecule has 0 aliphatic rings. The van der Waals surface area contributed by atoms with Gasteiger partial charge in [-0.2, -0.15) is 0 Å². The van der Waals surface area contributed by atoms with Crippen LogP contribution in [-0.2, 0) is 0 Å². The lowest BCUT2D eigenvalue weighted by Crippen LogP contribution is -2.17. The van der Waals surface area contributed by atoms with Crippen LogP contribution >= 0.6 is 11.6 Å². The number of anilines is 3. The molecule has 4 rings (SSSR count). The molecular formula is C23H19ClN4O. The predicted octanol–water partition coefficient (Wildman–Crippen LogP) is 5.90. The number of para-hydroxylation sites is 1. The number of halogens is 1. The Morgan fingerprint density at radius 1 is 0.897 bits per heavy atom. The van der Waals surface area contributed by atoms with Gasteiger partial charge in [0.05, 0.1) is 16.2 Å². The van der Waals surface area contributed by atoms with E-state index in [0.717, 1.165) is 22.2 Å². The number of carbonyl (C=O) groups is 1. The first kappa shape index (κ1) is 18.9. The van der Waals surface area contributed by atoms with Crippen molar-refractivity contribution in [2.75, 3.05) is 10.6 Å². The van der Waals surface area contributed by atoms with Gasteiger partial charge < -0.3 is 10.6 Å². The first-order chi connectivity index (χ1) is 14.0. The van der Waals surface area contributed by atoms with E-state index >= 15 is 0 Å². The normalized spacial score (nSPS) is 10.7. The number of benzene rings is 3. The van der Waals surface area contributed by atoms with Gasteiger partial charge in [0.2, 0.25) is 5.82 Å². The first-order valence-electron chi connectivity index (χ1n) is 9.17. The average molecular weight is 403 g/mol. The number of aromatic nitrogens is 2. The topological polar surface area (TPSA) is 66.9 Å². The van der Waals surface area contributed by atoms with Crippen LogP contribution in [0, 0.1) is 13.8 Å². The van der Waals surface area contributed by atoms with Gasteiger partial charge in [-0.05, 0) is 61.4 Å². The van der Waals surface area contributed by atoms with E-state index < -0.39 is 5.91 Å². The Bertz CT molecular complexity index is 1220. The van der Waals surface area contributed by atoms with Gasteiger partial charge in [-0.3, -0.25) is 4.79 Å². The second kappa shape index (κ2) is 7.89. The van der Waals surface area contributed by atoms with E-state index in [0.29, 0.717) is 22.0 Å². The van der Waals surface area contributed by atoms with Gasteiger partial charge in [-0.1, -0.05) is 41.9 Å². The zero-order chi connectivity index (χ0) is 20.4. The van der Waals surface area contributed by atoms with Crippen LogP contribution in [0.25, 0.3) is 10.9 Å². The summed E-state index contributed by atoms with van der Waals surface area (Å²) in [7, 11) is 0. The Labute approximate surface area is 173 Å². The summed E-state index contributed by atoms with van der Waals surface area (Å²) < 4.78 is 0. The third kappa shape index (κ3) is 4.20. The highest BCUT2D eigenvalue weighted by Crippen LogP contribution is 2.26. The van der Waals surface area contributed by atoms with Crippen LogP contribution in [0.15, 0.2) is 66.7 Å². The molecule has 0 saturated heterocycles. The summed E-state index contributed by atoms with van der Waals surface area (Å²) in [6.45, 7) is 3.96. The highest BCUT2D eigenvalue weighted by molar-refractivity contribution is 6.34. The van der Waals surface area contributed by atoms with Gasteiger partial charge in [0, 0.05) is 11.1 Å². The van der Waals surface area contributed by atoms with E-state index in [9.17, 15) is 4.79 Å². The van der Waals surface area contributed by atoms with Crippen molar-refractivity contribution < 1.29 is 4.79 Å². The molecule has 0 bridgehead atoms. The standard InChI is InChI=1S/C23H19ClN4O/c1-14-6-5-7-16(12-14)25-21-17-8-3-4-9-19(17)26-22(28-21)23(29)27-20-11-10-15(2)13-18(20)24/h3-13H,1-2H3,(H,27,29)(H,25,26,28). The van der Waals surface area contributed by atoms with Crippen molar-refractivity contribution in [2.45, 2.75) is 13.8 Å². The fourth-order valence-corrected chi connectivity index (χ4v) is 3.32. The Balaban J connectivity index is 1.72. The van der Waals surface area contributed by atoms with E-state index in [1.807, 2.05) is 68.4 Å². The molecule has 3 aromatic carbocycles. The van der Waals surface area contributed by atoms with Gasteiger partial charge in [0.1, 0.15) is 5.82 Å². The van der Waals surface area contributed by atoms with Crippen LogP contribution in [0.1, 0.15) is 21.7 Å². The molecule has 0 aliphatic carbocycles. The predicted molar refractivity (Wildman–Crippen MR) is 118 cm³/mol. The Kier molecular flexibility index (Phi) is 5.14. The summed E-state index contributed by atoms with van der Waals surface area (Å²) in [4.78, 5) is 21.8. The second-order valence-electron chi connectivity index (χ2n) is 6.84. The Morgan fingerprint density at radius 2 is 1.69 bits per heavy atom. The van der Waals surface area contributed by atoms with Crippen molar-refractivity contribution >= 4 is 45.6 Å². The number of aryl methyl sites for hydroxylation is 2. The van der Waals surface area contributed by atoms with Gasteiger partial charge in [-0.15, -0.1) is 0 Å². The van der Waals surface area contributed by atoms with Crippen LogP contribution < -0.4 is 10.6 Å². The van der Waals surface area contributed by atoms with E-state index in [1.54, 1.807) is 12.1 Å². The smallest absolute Gasteiger partial charge is 0.293 e. The molecule has 0 aliphatic heterocycles. The summed E-state index contributed by atoms with van der Waals surface area (Å²) in [5.74, 6) is 0.214. The minimum absolute atomic E-state index is 0.0653. The minimum Gasteiger partial charge on any atom is -0.340 e. The molecule has 0 spiro atoms. The maximum atomic E-state index is 12.8. The SMILES string of the molecule is Cc1cccc(Nc2nc(C(=O)Nc3ccc(C)cc3Cl)nc3ccccc23)c1. The monoisotopic (exact) mass is 402 g/mol. The molecule has 0 radical (unpaired) electrons. The number of nitrogens with zero attached hydrogens (tertiary/aromatic N) is 2. The third-order valence-corrected chi connectivity index (χ3v) is 4.77. The third-order valence-electron chi connectivity index (χ3n) is 4.46. The number of rotatable bonds is 4. The molecule has 0 atom stereocenters. The zero-order valence-electron chi connectivity index (χ0n) is 16.0. The number of hydrogen-bond donors (Lipinski definition) is 2. The van der Waals surface area contributed by atoms with Crippen molar-refractivity contribution in [3.63, 3.8) is 0 Å². The maximum absolute atomic E-state index is 12.8. The largest absolute Gasteiger partial charge is 0.340 e. The zero-order valence-corrected chi connectivity index (χ0v) is 16.8. The van der Waals surface area contributed by atoms with E-state index in [1.165, 1.54) is 0 Å². The van der Waals surface area contributed by atoms with E-state index in [-0.39, 0.29) is 5.82 Å². The number of nitrogens with one attached hydrogen (secondary N) is 2. The van der Waals surface area contributed by atoms with Crippen molar-refractivity contribution in [1.82, 2.24) is 9.97 Å². The number of amides is 1. The summed E-state index contributed by atoms with van der Waals surface area (Å²) in [5, 5.41) is 7.41. The molecule has 5 nitrogen and oxygen atoms in total. The fraction of sp³-hybridized carbons (Fsp3) is 0.0870. The van der Waals surface area contributed by atoms with Crippen LogP contribution in [0.2, 0.25) is 5.02 Å². The minimum atomic E-state index is -0.422. The molecule has 0 saturated carbocycles. The molecule has 4 aromatic rings. The van der Waals surface area contributed by atoms with Crippen molar-refractivity contribution in [2.24, 2.45) is 0 Å². The molecule has 0 unspecified atom stereocenters. The first-order valence-corrected chi connectivity index (χ1v) is 9.55. The summed E-state index contributed by atoms with van der Waals surface area (Å²) in [5.41, 5.74) is 4.23. The van der Waals surface area contributed by atoms with E-state index in [2.05, 4.69) is 20.6 Å². The summed E-state index contributed by atoms with van der Waals surface area (Å²) in [6, 6.07) is 21.0. The van der Waals surface area contributed by atoms with Crippen LogP contribution in [-0.4, -0.2) is 15.9 Å². The van der Waals surface area contributed by atoms with Gasteiger partial charge in [0.15, 0.2) is 0 Å². The number of carbonyl (C=O) groups excluding carboxylic acids is 1. The Hall–Kier alpha value is -3.44. The molecular weight excluding hydrogens is 384 g/mol. The summed E-state index contributed by atoms with van der Waals surface area (Å²) in [6.07, 6.45) is 0. The van der Waals surface area contributed by atoms with Crippen molar-refractivity contribution in [1.29, 1.82) is 0 Å². The average Bonchev–Trinajstić information content (AvgIpc) is 2.70. The molecule has 6 heteroatoms. The molecule has 144 valence electrons. The fourth-order valence-electron chi connectivity index (χ4n) is 3.03. The molecule has 29 heavy (non-hydrogen) atoms. The highest BCUT2D eigenvalue weighted by atomic mass is 35.5. The maximum Gasteiger partial charge on any atom is 0.293 e. The number of hydrogen-bond acceptors (Lipinski definition) is 4. The van der Waals surface area contributed by atoms with Gasteiger partial charge in [0.25, 0.3) is 5.91 Å². The van der Waals surface area contributed by atoms with Crippen molar-refractivity contribution in [3.8, 4) is 0 Å². The highest BCUT2D eigenvalue weighted by Gasteiger charge is 2.15. The van der Waals surface area contributed by atoms with Gasteiger partial charge >= 0.3 is 0 Å². The number of fused-ring (bicyclic) bond motifs is 1. The lowest BCUT2D eigenvalue weighted by atomic mass is 10.2. The molecule has 0 fully saturated rings. The molecule has 1 heterocycles. The second-order valence-corrected chi connectivity index (χ2v) is 7.25. The lowest BCUT2D eigenvalue weighted by molar-refractivity contribution is 0.101. The van der Waals surface area contributed by atoms with Gasteiger partial charge in [-0.25, -0.2) is 9.97 Å². The molecule has 1 aromatic heterocycles. The molecule has 1 amide bonds. The van der Waals surface area contributed by atoms with Crippen LogP contribution in [0.5, 0.6) is 0 Å². The van der Waals surface area contributed by atoms with Crippen LogP contribution in [0.3, 0.4) is 0 Å². The quantitative estimate of drug-likeness (QED) is 0.446. The summed E-state index contributed by atoms with van der Waals surface area (Å²) >= 11 is 6.24. The molecule has 2 N–H and O–H groups in total. The van der Waals surface area contributed by atoms with Crippen molar-refractivity contribution in [3.05, 3.63) is 88.7 Å². The lowest BCUT2D eigenvalue weighted by Gasteiger charge is -2.12. The van der Waals surface area contributed by atoms with Crippen LogP contribution in [0.4, 0.5) is 17.2 Å². The van der Waals surface area contributed by atoms with E-state index in [4.69, 9.17) is 11.6 Å².